The van der Waals surface area contributed by atoms with Crippen molar-refractivity contribution in [3.63, 3.8) is 0 Å². The van der Waals surface area contributed by atoms with Crippen molar-refractivity contribution in [2.45, 2.75) is 26.4 Å². The first-order valence-corrected chi connectivity index (χ1v) is 4.44. The van der Waals surface area contributed by atoms with Crippen molar-refractivity contribution >= 4 is 5.69 Å². The van der Waals surface area contributed by atoms with Crippen LogP contribution in [0.15, 0.2) is 6.20 Å². The van der Waals surface area contributed by atoms with E-state index in [2.05, 4.69) is 4.98 Å². The fourth-order valence-corrected chi connectivity index (χ4v) is 1.28. The van der Waals surface area contributed by atoms with Crippen LogP contribution in [0.3, 0.4) is 0 Å². The van der Waals surface area contributed by atoms with Gasteiger partial charge in [0, 0.05) is 11.8 Å². The number of hydrogen-bond acceptors (Lipinski definition) is 4. The van der Waals surface area contributed by atoms with Gasteiger partial charge in [0.2, 0.25) is 0 Å². The quantitative estimate of drug-likeness (QED) is 0.737. The summed E-state index contributed by atoms with van der Waals surface area (Å²) >= 11 is 0. The van der Waals surface area contributed by atoms with Gasteiger partial charge in [-0.05, 0) is 18.9 Å². The van der Waals surface area contributed by atoms with Gasteiger partial charge in [-0.15, -0.1) is 0 Å². The molecule has 3 N–H and O–H groups in total. The van der Waals surface area contributed by atoms with Gasteiger partial charge in [0.25, 0.3) is 0 Å². The monoisotopic (exact) mass is 191 g/mol. The molecule has 0 saturated carbocycles. The number of aliphatic hydroxyl groups excluding tert-OH is 1. The van der Waals surface area contributed by atoms with E-state index in [1.165, 1.54) is 6.20 Å². The summed E-state index contributed by atoms with van der Waals surface area (Å²) in [5.41, 5.74) is 7.71. The fourth-order valence-electron chi connectivity index (χ4n) is 1.28. The van der Waals surface area contributed by atoms with E-state index < -0.39 is 6.10 Å². The summed E-state index contributed by atoms with van der Waals surface area (Å²) in [5, 5.41) is 18.3. The lowest BCUT2D eigenvalue weighted by molar-refractivity contribution is 0.172. The molecular formula is C10H13N3O. The Morgan fingerprint density at radius 3 is 2.86 bits per heavy atom. The molecule has 74 valence electrons. The van der Waals surface area contributed by atoms with E-state index in [0.29, 0.717) is 17.7 Å². The average Bonchev–Trinajstić information content (AvgIpc) is 2.21. The second kappa shape index (κ2) is 4.07. The second-order valence-corrected chi connectivity index (χ2v) is 3.14. The third kappa shape index (κ3) is 1.68. The molecule has 0 saturated heterocycles. The zero-order valence-electron chi connectivity index (χ0n) is 8.28. The number of pyridine rings is 1. The smallest absolute Gasteiger partial charge is 0.163 e. The molecule has 0 aromatic carbocycles. The van der Waals surface area contributed by atoms with Crippen molar-refractivity contribution in [1.29, 1.82) is 5.26 Å². The number of rotatable bonds is 2. The first kappa shape index (κ1) is 10.5. The van der Waals surface area contributed by atoms with Crippen molar-refractivity contribution in [3.05, 3.63) is 23.0 Å². The lowest BCUT2D eigenvalue weighted by Crippen LogP contribution is -2.05. The lowest BCUT2D eigenvalue weighted by atomic mass is 10.0. The van der Waals surface area contributed by atoms with Crippen LogP contribution < -0.4 is 5.73 Å². The zero-order valence-corrected chi connectivity index (χ0v) is 8.28. The number of nitriles is 1. The SMILES string of the molecule is CCC(O)c1cnc(C#N)c(N)c1C. The van der Waals surface area contributed by atoms with E-state index in [9.17, 15) is 5.11 Å². The van der Waals surface area contributed by atoms with Gasteiger partial charge in [-0.3, -0.25) is 0 Å². The van der Waals surface area contributed by atoms with Crippen molar-refractivity contribution in [2.24, 2.45) is 0 Å². The van der Waals surface area contributed by atoms with Crippen molar-refractivity contribution < 1.29 is 5.11 Å². The Morgan fingerprint density at radius 1 is 1.71 bits per heavy atom. The highest BCUT2D eigenvalue weighted by atomic mass is 16.3. The molecule has 0 spiro atoms. The summed E-state index contributed by atoms with van der Waals surface area (Å²) < 4.78 is 0. The molecule has 0 bridgehead atoms. The summed E-state index contributed by atoms with van der Waals surface area (Å²) in [4.78, 5) is 3.88. The fraction of sp³-hybridized carbons (Fsp3) is 0.400. The Balaban J connectivity index is 3.25. The third-order valence-corrected chi connectivity index (χ3v) is 2.28. The first-order chi connectivity index (χ1) is 6.61. The van der Waals surface area contributed by atoms with Crippen LogP contribution in [-0.4, -0.2) is 10.1 Å². The molecule has 0 aliphatic heterocycles. The van der Waals surface area contributed by atoms with E-state index in [1.54, 1.807) is 6.92 Å². The number of nitrogen functional groups attached to an aromatic ring is 1. The van der Waals surface area contributed by atoms with Crippen LogP contribution in [0.5, 0.6) is 0 Å². The molecule has 1 heterocycles. The molecule has 1 rings (SSSR count). The van der Waals surface area contributed by atoms with Gasteiger partial charge >= 0.3 is 0 Å². The van der Waals surface area contributed by atoms with Crippen molar-refractivity contribution in [1.82, 2.24) is 4.98 Å². The summed E-state index contributed by atoms with van der Waals surface area (Å²) in [6.07, 6.45) is 1.56. The topological polar surface area (TPSA) is 82.9 Å². The first-order valence-electron chi connectivity index (χ1n) is 4.44. The third-order valence-electron chi connectivity index (χ3n) is 2.28. The molecule has 0 aliphatic rings. The molecule has 0 fully saturated rings. The predicted molar refractivity (Wildman–Crippen MR) is 53.4 cm³/mol. The van der Waals surface area contributed by atoms with E-state index in [4.69, 9.17) is 11.0 Å². The number of anilines is 1. The summed E-state index contributed by atoms with van der Waals surface area (Å²) in [6.45, 7) is 3.66. The molecule has 1 aromatic rings. The van der Waals surface area contributed by atoms with E-state index in [-0.39, 0.29) is 5.69 Å². The maximum absolute atomic E-state index is 9.62. The highest BCUT2D eigenvalue weighted by molar-refractivity contribution is 5.57. The Hall–Kier alpha value is -1.60. The summed E-state index contributed by atoms with van der Waals surface area (Å²) in [6, 6.07) is 1.90. The van der Waals surface area contributed by atoms with Crippen LogP contribution in [0.25, 0.3) is 0 Å². The van der Waals surface area contributed by atoms with E-state index in [0.717, 1.165) is 5.56 Å². The van der Waals surface area contributed by atoms with Gasteiger partial charge in [-0.25, -0.2) is 4.98 Å². The summed E-state index contributed by atoms with van der Waals surface area (Å²) in [5.74, 6) is 0. The molecule has 1 atom stereocenters. The number of aliphatic hydroxyl groups is 1. The molecule has 0 aliphatic carbocycles. The Kier molecular flexibility index (Phi) is 3.05. The lowest BCUT2D eigenvalue weighted by Gasteiger charge is -2.13. The van der Waals surface area contributed by atoms with Gasteiger partial charge in [-0.1, -0.05) is 6.92 Å². The van der Waals surface area contributed by atoms with Gasteiger partial charge in [0.05, 0.1) is 11.8 Å². The van der Waals surface area contributed by atoms with Crippen LogP contribution >= 0.6 is 0 Å². The number of hydrogen-bond donors (Lipinski definition) is 2. The molecule has 1 aromatic heterocycles. The van der Waals surface area contributed by atoms with Crippen molar-refractivity contribution in [3.8, 4) is 6.07 Å². The maximum Gasteiger partial charge on any atom is 0.163 e. The van der Waals surface area contributed by atoms with Gasteiger partial charge in [0.1, 0.15) is 6.07 Å². The maximum atomic E-state index is 9.62. The second-order valence-electron chi connectivity index (χ2n) is 3.14. The highest BCUT2D eigenvalue weighted by Crippen LogP contribution is 2.25. The van der Waals surface area contributed by atoms with Crippen LogP contribution in [0, 0.1) is 18.3 Å². The van der Waals surface area contributed by atoms with Crippen LogP contribution in [0.2, 0.25) is 0 Å². The molecule has 0 amide bonds. The number of aromatic nitrogens is 1. The summed E-state index contributed by atoms with van der Waals surface area (Å²) in [7, 11) is 0. The molecule has 1 unspecified atom stereocenters. The van der Waals surface area contributed by atoms with Crippen LogP contribution in [0.4, 0.5) is 5.69 Å². The standard InChI is InChI=1S/C10H13N3O/c1-3-9(14)7-5-13-8(4-11)10(12)6(7)2/h5,9,14H,3,12H2,1-2H3. The Morgan fingerprint density at radius 2 is 2.36 bits per heavy atom. The Bertz CT molecular complexity index is 382. The van der Waals surface area contributed by atoms with Gasteiger partial charge in [0.15, 0.2) is 5.69 Å². The van der Waals surface area contributed by atoms with Gasteiger partial charge in [-0.2, -0.15) is 5.26 Å². The molecule has 14 heavy (non-hydrogen) atoms. The molecule has 4 nitrogen and oxygen atoms in total. The minimum atomic E-state index is -0.558. The normalized spacial score (nSPS) is 12.1. The minimum Gasteiger partial charge on any atom is -0.396 e. The van der Waals surface area contributed by atoms with Gasteiger partial charge < -0.3 is 10.8 Å². The average molecular weight is 191 g/mol. The molecule has 0 radical (unpaired) electrons. The Labute approximate surface area is 83.0 Å². The predicted octanol–water partition coefficient (Wildman–Crippen LogP) is 1.29. The minimum absolute atomic E-state index is 0.217. The molecule has 4 heteroatoms. The van der Waals surface area contributed by atoms with Crippen LogP contribution in [-0.2, 0) is 0 Å². The largest absolute Gasteiger partial charge is 0.396 e. The highest BCUT2D eigenvalue weighted by Gasteiger charge is 2.13. The van der Waals surface area contributed by atoms with E-state index in [1.807, 2.05) is 13.0 Å². The number of nitrogens with zero attached hydrogens (tertiary/aromatic N) is 2. The van der Waals surface area contributed by atoms with Crippen molar-refractivity contribution in [2.75, 3.05) is 5.73 Å². The zero-order chi connectivity index (χ0) is 10.7. The van der Waals surface area contributed by atoms with Crippen LogP contribution in [0.1, 0.15) is 36.3 Å². The number of nitrogens with two attached hydrogens (primary N) is 1. The van der Waals surface area contributed by atoms with E-state index >= 15 is 0 Å². The molecular weight excluding hydrogens is 178 g/mol.